The number of aromatic nitrogens is 1. The third-order valence-electron chi connectivity index (χ3n) is 2.28. The van der Waals surface area contributed by atoms with Crippen LogP contribution < -0.4 is 0 Å². The molecule has 0 radical (unpaired) electrons. The highest BCUT2D eigenvalue weighted by atomic mass is 35.5. The number of ketones is 1. The molecule has 0 atom stereocenters. The fourth-order valence-electron chi connectivity index (χ4n) is 1.58. The summed E-state index contributed by atoms with van der Waals surface area (Å²) in [5, 5.41) is 0.354. The summed E-state index contributed by atoms with van der Waals surface area (Å²) in [6.07, 6.45) is 1.76. The van der Waals surface area contributed by atoms with Crippen molar-refractivity contribution in [2.75, 3.05) is 5.88 Å². The highest BCUT2D eigenvalue weighted by Gasteiger charge is 2.14. The minimum atomic E-state index is -0.383. The molecule has 0 spiro atoms. The lowest BCUT2D eigenvalue weighted by molar-refractivity contribution is 0.0990. The predicted molar refractivity (Wildman–Crippen MR) is 57.9 cm³/mol. The number of hydrogen-bond acceptors (Lipinski definition) is 1. The molecule has 1 aromatic carbocycles. The molecule has 0 saturated carbocycles. The summed E-state index contributed by atoms with van der Waals surface area (Å²) in [6, 6.07) is 4.67. The molecular weight excluding hydrogens is 217 g/mol. The number of halogens is 2. The molecule has 2 nitrogen and oxygen atoms in total. The highest BCUT2D eigenvalue weighted by Crippen LogP contribution is 2.22. The molecule has 1 N–H and O–H groups in total. The van der Waals surface area contributed by atoms with E-state index in [-0.39, 0.29) is 23.9 Å². The number of rotatable bonds is 3. The molecule has 0 fully saturated rings. The van der Waals surface area contributed by atoms with E-state index >= 15 is 0 Å². The van der Waals surface area contributed by atoms with Crippen molar-refractivity contribution < 1.29 is 9.18 Å². The van der Waals surface area contributed by atoms with Gasteiger partial charge in [0, 0.05) is 35.0 Å². The second kappa shape index (κ2) is 4.03. The summed E-state index contributed by atoms with van der Waals surface area (Å²) >= 11 is 5.48. The molecule has 2 aromatic rings. The van der Waals surface area contributed by atoms with Gasteiger partial charge in [0.25, 0.3) is 0 Å². The van der Waals surface area contributed by atoms with Gasteiger partial charge in [-0.25, -0.2) is 4.39 Å². The summed E-state index contributed by atoms with van der Waals surface area (Å²) in [7, 11) is 0. The quantitative estimate of drug-likeness (QED) is 0.632. The first-order valence-corrected chi connectivity index (χ1v) is 5.12. The van der Waals surface area contributed by atoms with E-state index in [1.807, 2.05) is 0 Å². The first-order valence-electron chi connectivity index (χ1n) is 4.59. The number of H-pyrrole nitrogens is 1. The summed E-state index contributed by atoms with van der Waals surface area (Å²) < 4.78 is 13.5. The van der Waals surface area contributed by atoms with E-state index in [0.717, 1.165) is 0 Å². The molecule has 78 valence electrons. The number of aromatic amines is 1. The average Bonchev–Trinajstić information content (AvgIpc) is 2.63. The van der Waals surface area contributed by atoms with E-state index in [1.165, 1.54) is 12.3 Å². The molecule has 0 amide bonds. The zero-order valence-corrected chi connectivity index (χ0v) is 8.64. The maximum Gasteiger partial charge on any atom is 0.166 e. The molecule has 0 unspecified atom stereocenters. The SMILES string of the molecule is O=C(CCCl)c1c[nH]c2cccc(F)c12. The van der Waals surface area contributed by atoms with E-state index in [4.69, 9.17) is 11.6 Å². The fraction of sp³-hybridized carbons (Fsp3) is 0.182. The Kier molecular flexibility index (Phi) is 2.73. The van der Waals surface area contributed by atoms with Crippen molar-refractivity contribution in [1.82, 2.24) is 4.98 Å². The summed E-state index contributed by atoms with van der Waals surface area (Å²) in [5.41, 5.74) is 1.01. The van der Waals surface area contributed by atoms with Gasteiger partial charge in [-0.15, -0.1) is 11.6 Å². The van der Waals surface area contributed by atoms with Crippen LogP contribution in [0.4, 0.5) is 4.39 Å². The fourth-order valence-corrected chi connectivity index (χ4v) is 1.75. The first-order chi connectivity index (χ1) is 7.24. The minimum absolute atomic E-state index is 0.138. The van der Waals surface area contributed by atoms with Crippen LogP contribution in [-0.2, 0) is 0 Å². The second-order valence-electron chi connectivity index (χ2n) is 3.23. The largest absolute Gasteiger partial charge is 0.360 e. The Morgan fingerprint density at radius 2 is 2.27 bits per heavy atom. The molecule has 1 aromatic heterocycles. The van der Waals surface area contributed by atoms with E-state index in [1.54, 1.807) is 12.1 Å². The molecular formula is C11H9ClFNO. The van der Waals surface area contributed by atoms with Gasteiger partial charge in [-0.3, -0.25) is 4.79 Å². The number of hydrogen-bond donors (Lipinski definition) is 1. The predicted octanol–water partition coefficient (Wildman–Crippen LogP) is 3.12. The van der Waals surface area contributed by atoms with Crippen LogP contribution in [-0.4, -0.2) is 16.6 Å². The van der Waals surface area contributed by atoms with Crippen LogP contribution >= 0.6 is 11.6 Å². The van der Waals surface area contributed by atoms with Crippen LogP contribution in [0.15, 0.2) is 24.4 Å². The number of nitrogens with one attached hydrogen (secondary N) is 1. The molecule has 15 heavy (non-hydrogen) atoms. The van der Waals surface area contributed by atoms with Crippen molar-refractivity contribution in [2.45, 2.75) is 6.42 Å². The second-order valence-corrected chi connectivity index (χ2v) is 3.60. The van der Waals surface area contributed by atoms with Gasteiger partial charge in [-0.05, 0) is 12.1 Å². The van der Waals surface area contributed by atoms with Gasteiger partial charge in [-0.1, -0.05) is 6.07 Å². The van der Waals surface area contributed by atoms with Gasteiger partial charge in [0.05, 0.1) is 0 Å². The molecule has 0 bridgehead atoms. The lowest BCUT2D eigenvalue weighted by Crippen LogP contribution is -1.99. The molecule has 0 saturated heterocycles. The van der Waals surface area contributed by atoms with Gasteiger partial charge in [0.2, 0.25) is 0 Å². The van der Waals surface area contributed by atoms with Crippen LogP contribution in [0.3, 0.4) is 0 Å². The molecule has 0 aliphatic carbocycles. The number of Topliss-reactive ketones (excluding diaryl/α,β-unsaturated/α-hetero) is 1. The first kappa shape index (κ1) is 10.2. The van der Waals surface area contributed by atoms with Crippen molar-refractivity contribution in [3.8, 4) is 0 Å². The lowest BCUT2D eigenvalue weighted by atomic mass is 10.1. The number of carbonyl (C=O) groups is 1. The topological polar surface area (TPSA) is 32.9 Å². The average molecular weight is 226 g/mol. The molecule has 4 heteroatoms. The van der Waals surface area contributed by atoms with Gasteiger partial charge in [-0.2, -0.15) is 0 Å². The van der Waals surface area contributed by atoms with Gasteiger partial charge in [0.1, 0.15) is 5.82 Å². The summed E-state index contributed by atoms with van der Waals surface area (Å²) in [6.45, 7) is 0. The monoisotopic (exact) mass is 225 g/mol. The third-order valence-corrected chi connectivity index (χ3v) is 2.47. The van der Waals surface area contributed by atoms with Crippen LogP contribution in [0, 0.1) is 5.82 Å². The number of benzene rings is 1. The van der Waals surface area contributed by atoms with E-state index in [0.29, 0.717) is 16.5 Å². The minimum Gasteiger partial charge on any atom is -0.360 e. The zero-order valence-electron chi connectivity index (χ0n) is 7.89. The maximum atomic E-state index is 13.5. The van der Waals surface area contributed by atoms with Crippen molar-refractivity contribution in [1.29, 1.82) is 0 Å². The molecule has 0 aliphatic rings. The van der Waals surface area contributed by atoms with Crippen molar-refractivity contribution in [2.24, 2.45) is 0 Å². The standard InChI is InChI=1S/C11H9ClFNO/c12-5-4-10(15)7-6-14-9-3-1-2-8(13)11(7)9/h1-3,6,14H,4-5H2. The Morgan fingerprint density at radius 1 is 1.47 bits per heavy atom. The van der Waals surface area contributed by atoms with Crippen LogP contribution in [0.2, 0.25) is 0 Å². The Hall–Kier alpha value is -1.35. The highest BCUT2D eigenvalue weighted by molar-refractivity contribution is 6.20. The van der Waals surface area contributed by atoms with E-state index in [2.05, 4.69) is 4.98 Å². The molecule has 1 heterocycles. The van der Waals surface area contributed by atoms with Crippen molar-refractivity contribution in [3.05, 3.63) is 35.8 Å². The number of carbonyl (C=O) groups excluding carboxylic acids is 1. The Balaban J connectivity index is 2.57. The van der Waals surface area contributed by atoms with Crippen molar-refractivity contribution in [3.63, 3.8) is 0 Å². The van der Waals surface area contributed by atoms with Crippen LogP contribution in [0.5, 0.6) is 0 Å². The van der Waals surface area contributed by atoms with Crippen molar-refractivity contribution >= 4 is 28.3 Å². The smallest absolute Gasteiger partial charge is 0.166 e. The Bertz CT molecular complexity index is 506. The van der Waals surface area contributed by atoms with Gasteiger partial charge in [0.15, 0.2) is 5.78 Å². The summed E-state index contributed by atoms with van der Waals surface area (Å²) in [4.78, 5) is 14.5. The maximum absolute atomic E-state index is 13.5. The number of alkyl halides is 1. The molecule has 2 rings (SSSR count). The van der Waals surface area contributed by atoms with Crippen LogP contribution in [0.1, 0.15) is 16.8 Å². The zero-order chi connectivity index (χ0) is 10.8. The van der Waals surface area contributed by atoms with E-state index in [9.17, 15) is 9.18 Å². The third kappa shape index (κ3) is 1.75. The Morgan fingerprint density at radius 3 is 3.00 bits per heavy atom. The molecule has 0 aliphatic heterocycles. The van der Waals surface area contributed by atoms with Crippen LogP contribution in [0.25, 0.3) is 10.9 Å². The van der Waals surface area contributed by atoms with Gasteiger partial charge < -0.3 is 4.98 Å². The lowest BCUT2D eigenvalue weighted by Gasteiger charge is -1.97. The normalized spacial score (nSPS) is 10.8. The number of fused-ring (bicyclic) bond motifs is 1. The van der Waals surface area contributed by atoms with E-state index < -0.39 is 0 Å². The van der Waals surface area contributed by atoms with Gasteiger partial charge >= 0.3 is 0 Å². The summed E-state index contributed by atoms with van der Waals surface area (Å²) in [5.74, 6) is -0.270. The Labute approximate surface area is 91.0 Å².